The molecule has 0 spiro atoms. The lowest BCUT2D eigenvalue weighted by molar-refractivity contribution is 0.601. The molecule has 2 rings (SSSR count). The summed E-state index contributed by atoms with van der Waals surface area (Å²) in [5.41, 5.74) is 1.74. The number of sulfonamides is 1. The summed E-state index contributed by atoms with van der Waals surface area (Å²) in [5, 5.41) is 9.76. The van der Waals surface area contributed by atoms with Gasteiger partial charge in [-0.05, 0) is 32.4 Å². The Hall–Kier alpha value is -2.09. The van der Waals surface area contributed by atoms with Gasteiger partial charge in [0.1, 0.15) is 10.7 Å². The molecule has 0 aliphatic heterocycles. The standard InChI is InChI=1S/C13H19N5O2S/c1-4-7-14-13-11(6-5-8-15-13)21(19,20)18-12-9(2)16-17-10(12)3/h5-6,8,18H,4,7H2,1-3H3,(H,14,15)(H,16,17). The number of hydrogen-bond donors (Lipinski definition) is 3. The Kier molecular flexibility index (Phi) is 4.46. The van der Waals surface area contributed by atoms with Crippen molar-refractivity contribution in [2.24, 2.45) is 0 Å². The maximum absolute atomic E-state index is 12.6. The van der Waals surface area contributed by atoms with Gasteiger partial charge in [-0.1, -0.05) is 6.92 Å². The number of pyridine rings is 1. The van der Waals surface area contributed by atoms with Crippen molar-refractivity contribution in [2.75, 3.05) is 16.6 Å². The first-order valence-corrected chi connectivity index (χ1v) is 8.17. The fourth-order valence-electron chi connectivity index (χ4n) is 1.87. The number of aryl methyl sites for hydroxylation is 2. The van der Waals surface area contributed by atoms with E-state index in [4.69, 9.17) is 0 Å². The molecule has 0 atom stereocenters. The molecule has 0 amide bonds. The summed E-state index contributed by atoms with van der Waals surface area (Å²) in [6.45, 7) is 6.15. The first-order valence-electron chi connectivity index (χ1n) is 6.69. The summed E-state index contributed by atoms with van der Waals surface area (Å²) < 4.78 is 27.7. The van der Waals surface area contributed by atoms with E-state index in [0.717, 1.165) is 6.42 Å². The van der Waals surface area contributed by atoms with E-state index in [0.29, 0.717) is 29.4 Å². The quantitative estimate of drug-likeness (QED) is 0.758. The molecule has 2 aromatic heterocycles. The molecular weight excluding hydrogens is 290 g/mol. The number of rotatable bonds is 6. The van der Waals surface area contributed by atoms with E-state index in [1.807, 2.05) is 6.92 Å². The van der Waals surface area contributed by atoms with Gasteiger partial charge in [-0.25, -0.2) is 13.4 Å². The lowest BCUT2D eigenvalue weighted by Gasteiger charge is -2.12. The number of hydrogen-bond acceptors (Lipinski definition) is 5. The monoisotopic (exact) mass is 309 g/mol. The Morgan fingerprint density at radius 3 is 2.71 bits per heavy atom. The average molecular weight is 309 g/mol. The third kappa shape index (κ3) is 3.33. The van der Waals surface area contributed by atoms with Gasteiger partial charge in [0, 0.05) is 12.7 Å². The molecule has 8 heteroatoms. The van der Waals surface area contributed by atoms with Crippen LogP contribution in [0.2, 0.25) is 0 Å². The van der Waals surface area contributed by atoms with Crippen molar-refractivity contribution in [1.82, 2.24) is 15.2 Å². The number of aromatic amines is 1. The lowest BCUT2D eigenvalue weighted by atomic mass is 10.3. The van der Waals surface area contributed by atoms with Gasteiger partial charge in [0.05, 0.1) is 17.1 Å². The third-order valence-corrected chi connectivity index (χ3v) is 4.35. The highest BCUT2D eigenvalue weighted by molar-refractivity contribution is 7.92. The summed E-state index contributed by atoms with van der Waals surface area (Å²) >= 11 is 0. The van der Waals surface area contributed by atoms with Gasteiger partial charge in [0.25, 0.3) is 10.0 Å². The van der Waals surface area contributed by atoms with Gasteiger partial charge in [0.2, 0.25) is 0 Å². The van der Waals surface area contributed by atoms with Crippen molar-refractivity contribution in [3.05, 3.63) is 29.7 Å². The molecule has 114 valence electrons. The van der Waals surface area contributed by atoms with Crippen LogP contribution in [-0.2, 0) is 10.0 Å². The van der Waals surface area contributed by atoms with E-state index in [-0.39, 0.29) is 4.90 Å². The van der Waals surface area contributed by atoms with Gasteiger partial charge in [0.15, 0.2) is 0 Å². The summed E-state index contributed by atoms with van der Waals surface area (Å²) in [4.78, 5) is 4.23. The summed E-state index contributed by atoms with van der Waals surface area (Å²) in [6.07, 6.45) is 2.44. The predicted octanol–water partition coefficient (Wildman–Crippen LogP) is 2.04. The van der Waals surface area contributed by atoms with Crippen molar-refractivity contribution in [3.63, 3.8) is 0 Å². The van der Waals surface area contributed by atoms with E-state index in [9.17, 15) is 8.42 Å². The van der Waals surface area contributed by atoms with E-state index in [1.54, 1.807) is 26.1 Å². The maximum Gasteiger partial charge on any atom is 0.265 e. The Bertz CT molecular complexity index is 704. The van der Waals surface area contributed by atoms with Crippen molar-refractivity contribution in [1.29, 1.82) is 0 Å². The first kappa shape index (κ1) is 15.3. The number of nitrogens with one attached hydrogen (secondary N) is 3. The van der Waals surface area contributed by atoms with E-state index >= 15 is 0 Å². The van der Waals surface area contributed by atoms with E-state index in [1.165, 1.54) is 6.07 Å². The average Bonchev–Trinajstić information content (AvgIpc) is 2.77. The van der Waals surface area contributed by atoms with Gasteiger partial charge >= 0.3 is 0 Å². The molecule has 0 radical (unpaired) electrons. The van der Waals surface area contributed by atoms with Crippen LogP contribution in [0, 0.1) is 13.8 Å². The second-order valence-electron chi connectivity index (χ2n) is 4.69. The van der Waals surface area contributed by atoms with Gasteiger partial charge in [-0.3, -0.25) is 9.82 Å². The molecular formula is C13H19N5O2S. The highest BCUT2D eigenvalue weighted by Gasteiger charge is 2.21. The van der Waals surface area contributed by atoms with Crippen LogP contribution in [0.1, 0.15) is 24.7 Å². The first-order chi connectivity index (χ1) is 9.95. The zero-order valence-electron chi connectivity index (χ0n) is 12.3. The zero-order valence-corrected chi connectivity index (χ0v) is 13.1. The normalized spacial score (nSPS) is 11.4. The molecule has 0 saturated heterocycles. The Labute approximate surface area is 124 Å². The Morgan fingerprint density at radius 1 is 1.33 bits per heavy atom. The van der Waals surface area contributed by atoms with Crippen LogP contribution >= 0.6 is 0 Å². The number of aromatic nitrogens is 3. The molecule has 2 aromatic rings. The van der Waals surface area contributed by atoms with Crippen molar-refractivity contribution >= 4 is 21.5 Å². The predicted molar refractivity (Wildman–Crippen MR) is 81.9 cm³/mol. The van der Waals surface area contributed by atoms with Crippen molar-refractivity contribution in [3.8, 4) is 0 Å². The van der Waals surface area contributed by atoms with Crippen LogP contribution in [0.15, 0.2) is 23.2 Å². The lowest BCUT2D eigenvalue weighted by Crippen LogP contribution is -2.17. The van der Waals surface area contributed by atoms with Crippen molar-refractivity contribution in [2.45, 2.75) is 32.1 Å². The molecule has 0 aliphatic carbocycles. The fourth-order valence-corrected chi connectivity index (χ4v) is 3.19. The molecule has 0 aliphatic rings. The molecule has 7 nitrogen and oxygen atoms in total. The Morgan fingerprint density at radius 2 is 2.10 bits per heavy atom. The molecule has 0 fully saturated rings. The molecule has 0 saturated carbocycles. The summed E-state index contributed by atoms with van der Waals surface area (Å²) in [5.74, 6) is 0.352. The smallest absolute Gasteiger partial charge is 0.265 e. The van der Waals surface area contributed by atoms with Crippen LogP contribution in [-0.4, -0.2) is 30.1 Å². The summed E-state index contributed by atoms with van der Waals surface area (Å²) in [6, 6.07) is 3.12. The van der Waals surface area contributed by atoms with Crippen LogP contribution in [0.25, 0.3) is 0 Å². The SMILES string of the molecule is CCCNc1ncccc1S(=O)(=O)Nc1c(C)n[nH]c1C. The van der Waals surface area contributed by atoms with Gasteiger partial charge in [-0.2, -0.15) is 5.10 Å². The largest absolute Gasteiger partial charge is 0.369 e. The summed E-state index contributed by atoms with van der Waals surface area (Å²) in [7, 11) is -3.72. The minimum Gasteiger partial charge on any atom is -0.369 e. The van der Waals surface area contributed by atoms with Crippen molar-refractivity contribution < 1.29 is 8.42 Å². The highest BCUT2D eigenvalue weighted by Crippen LogP contribution is 2.24. The minimum absolute atomic E-state index is 0.124. The molecule has 3 N–H and O–H groups in total. The maximum atomic E-state index is 12.6. The van der Waals surface area contributed by atoms with E-state index < -0.39 is 10.0 Å². The topological polar surface area (TPSA) is 99.8 Å². The Balaban J connectivity index is 2.36. The highest BCUT2D eigenvalue weighted by atomic mass is 32.2. The fraction of sp³-hybridized carbons (Fsp3) is 0.385. The molecule has 2 heterocycles. The number of anilines is 2. The minimum atomic E-state index is -3.72. The molecule has 0 unspecified atom stereocenters. The second-order valence-corrected chi connectivity index (χ2v) is 6.34. The van der Waals surface area contributed by atoms with Crippen LogP contribution in [0.3, 0.4) is 0 Å². The van der Waals surface area contributed by atoms with Crippen LogP contribution in [0.4, 0.5) is 11.5 Å². The van der Waals surface area contributed by atoms with Crippen LogP contribution < -0.4 is 10.0 Å². The molecule has 0 bridgehead atoms. The molecule has 21 heavy (non-hydrogen) atoms. The second kappa shape index (κ2) is 6.13. The zero-order chi connectivity index (χ0) is 15.5. The number of nitrogens with zero attached hydrogens (tertiary/aromatic N) is 2. The van der Waals surface area contributed by atoms with Crippen LogP contribution in [0.5, 0.6) is 0 Å². The van der Waals surface area contributed by atoms with E-state index in [2.05, 4.69) is 25.2 Å². The van der Waals surface area contributed by atoms with Gasteiger partial charge in [-0.15, -0.1) is 0 Å². The third-order valence-electron chi connectivity index (χ3n) is 2.97. The molecule has 0 aromatic carbocycles. The number of H-pyrrole nitrogens is 1. The van der Waals surface area contributed by atoms with Gasteiger partial charge < -0.3 is 5.32 Å².